The van der Waals surface area contributed by atoms with Gasteiger partial charge in [0.1, 0.15) is 6.04 Å². The number of hydrogen-bond acceptors (Lipinski definition) is 4. The molecule has 0 heterocycles. The molecule has 1 rings (SSSR count). The van der Waals surface area contributed by atoms with Crippen molar-refractivity contribution in [1.29, 1.82) is 0 Å². The Bertz CT molecular complexity index is 392. The van der Waals surface area contributed by atoms with Gasteiger partial charge in [0.2, 0.25) is 0 Å². The van der Waals surface area contributed by atoms with Crippen LogP contribution in [-0.2, 0) is 16.1 Å². The van der Waals surface area contributed by atoms with E-state index in [2.05, 4.69) is 5.32 Å². The third-order valence-corrected chi connectivity index (χ3v) is 2.20. The van der Waals surface area contributed by atoms with Gasteiger partial charge >= 0.3 is 11.9 Å². The van der Waals surface area contributed by atoms with Crippen LogP contribution in [0.25, 0.3) is 0 Å². The monoisotopic (exact) mass is 239 g/mol. The van der Waals surface area contributed by atoms with E-state index in [0.717, 1.165) is 5.56 Å². The van der Waals surface area contributed by atoms with Crippen molar-refractivity contribution in [3.8, 4) is 0 Å². The molecule has 0 unspecified atom stereocenters. The van der Waals surface area contributed by atoms with E-state index < -0.39 is 24.1 Å². The van der Waals surface area contributed by atoms with E-state index in [9.17, 15) is 14.7 Å². The second-order valence-electron chi connectivity index (χ2n) is 3.47. The largest absolute Gasteiger partial charge is 0.480 e. The van der Waals surface area contributed by atoms with Crippen molar-refractivity contribution in [1.82, 2.24) is 5.32 Å². The first-order valence-corrected chi connectivity index (χ1v) is 4.93. The van der Waals surface area contributed by atoms with Crippen molar-refractivity contribution in [2.75, 3.05) is 0 Å². The quantitative estimate of drug-likeness (QED) is 0.541. The standard InChI is InChI=1S/C11H13NO5/c13-9(11(16)17)8(10(14)15)12-6-7-4-2-1-3-5-7/h1-5,8-9,12-13H,6H2,(H,14,15)(H,16,17)/t8-,9+/m1/s1. The van der Waals surface area contributed by atoms with Gasteiger partial charge in [-0.15, -0.1) is 0 Å². The summed E-state index contributed by atoms with van der Waals surface area (Å²) in [4.78, 5) is 21.3. The fourth-order valence-electron chi connectivity index (χ4n) is 1.30. The van der Waals surface area contributed by atoms with Gasteiger partial charge in [0, 0.05) is 6.54 Å². The van der Waals surface area contributed by atoms with E-state index in [0.29, 0.717) is 0 Å². The number of aliphatic carboxylic acids is 2. The van der Waals surface area contributed by atoms with E-state index in [4.69, 9.17) is 10.2 Å². The predicted octanol–water partition coefficient (Wildman–Crippen LogP) is -0.325. The molecule has 0 spiro atoms. The van der Waals surface area contributed by atoms with Crippen molar-refractivity contribution in [3.05, 3.63) is 35.9 Å². The van der Waals surface area contributed by atoms with Gasteiger partial charge in [0.15, 0.2) is 6.10 Å². The molecule has 92 valence electrons. The highest BCUT2D eigenvalue weighted by Crippen LogP contribution is 2.01. The molecule has 2 atom stereocenters. The van der Waals surface area contributed by atoms with Gasteiger partial charge in [-0.2, -0.15) is 0 Å². The second kappa shape index (κ2) is 5.97. The Morgan fingerprint density at radius 1 is 1.12 bits per heavy atom. The number of benzene rings is 1. The Balaban J connectivity index is 2.63. The third kappa shape index (κ3) is 3.86. The first-order chi connectivity index (χ1) is 8.02. The molecule has 0 bridgehead atoms. The lowest BCUT2D eigenvalue weighted by Gasteiger charge is -2.17. The number of carbonyl (C=O) groups is 2. The summed E-state index contributed by atoms with van der Waals surface area (Å²) >= 11 is 0. The van der Waals surface area contributed by atoms with Crippen LogP contribution >= 0.6 is 0 Å². The molecule has 0 radical (unpaired) electrons. The molecule has 6 nitrogen and oxygen atoms in total. The molecule has 1 aromatic carbocycles. The second-order valence-corrected chi connectivity index (χ2v) is 3.47. The van der Waals surface area contributed by atoms with E-state index in [1.54, 1.807) is 24.3 Å². The number of carboxylic acids is 2. The van der Waals surface area contributed by atoms with Crippen LogP contribution in [0.1, 0.15) is 5.56 Å². The summed E-state index contributed by atoms with van der Waals surface area (Å²) in [7, 11) is 0. The van der Waals surface area contributed by atoms with Crippen LogP contribution in [-0.4, -0.2) is 39.4 Å². The van der Waals surface area contributed by atoms with Crippen molar-refractivity contribution in [2.45, 2.75) is 18.7 Å². The highest BCUT2D eigenvalue weighted by molar-refractivity contribution is 5.84. The SMILES string of the molecule is O=C(O)[C@@H](O)[C@@H](NCc1ccccc1)C(=O)O. The Morgan fingerprint density at radius 2 is 1.71 bits per heavy atom. The van der Waals surface area contributed by atoms with Gasteiger partial charge in [-0.1, -0.05) is 30.3 Å². The summed E-state index contributed by atoms with van der Waals surface area (Å²) in [5.74, 6) is -2.98. The Morgan fingerprint density at radius 3 is 2.18 bits per heavy atom. The lowest BCUT2D eigenvalue weighted by atomic mass is 10.1. The summed E-state index contributed by atoms with van der Waals surface area (Å²) in [6.07, 6.45) is -1.98. The van der Waals surface area contributed by atoms with Crippen LogP contribution < -0.4 is 5.32 Å². The number of hydrogen-bond donors (Lipinski definition) is 4. The van der Waals surface area contributed by atoms with Crippen LogP contribution in [0.2, 0.25) is 0 Å². The predicted molar refractivity (Wildman–Crippen MR) is 58.3 cm³/mol. The van der Waals surface area contributed by atoms with Gasteiger partial charge < -0.3 is 15.3 Å². The first-order valence-electron chi connectivity index (χ1n) is 4.93. The minimum atomic E-state index is -1.98. The van der Waals surface area contributed by atoms with Gasteiger partial charge in [0.05, 0.1) is 0 Å². The Hall–Kier alpha value is -1.92. The maximum atomic E-state index is 10.8. The van der Waals surface area contributed by atoms with Crippen LogP contribution in [0, 0.1) is 0 Å². The summed E-state index contributed by atoms with van der Waals surface area (Å²) in [5.41, 5.74) is 0.802. The zero-order chi connectivity index (χ0) is 12.8. The molecule has 17 heavy (non-hydrogen) atoms. The van der Waals surface area contributed by atoms with Gasteiger partial charge in [0.25, 0.3) is 0 Å². The maximum Gasteiger partial charge on any atom is 0.334 e. The zero-order valence-corrected chi connectivity index (χ0v) is 8.91. The minimum absolute atomic E-state index is 0.169. The lowest BCUT2D eigenvalue weighted by molar-refractivity contribution is -0.156. The number of carboxylic acid groups (broad SMARTS) is 2. The Labute approximate surface area is 97.5 Å². The molecule has 1 aromatic rings. The summed E-state index contributed by atoms with van der Waals surface area (Å²) in [6.45, 7) is 0.169. The van der Waals surface area contributed by atoms with Gasteiger partial charge in [-0.3, -0.25) is 10.1 Å². The zero-order valence-electron chi connectivity index (χ0n) is 8.91. The van der Waals surface area contributed by atoms with E-state index in [1.165, 1.54) is 0 Å². The molecular weight excluding hydrogens is 226 g/mol. The maximum absolute atomic E-state index is 10.8. The van der Waals surface area contributed by atoms with Crippen molar-refractivity contribution in [2.24, 2.45) is 0 Å². The molecule has 0 saturated carbocycles. The lowest BCUT2D eigenvalue weighted by Crippen LogP contribution is -2.49. The highest BCUT2D eigenvalue weighted by atomic mass is 16.4. The minimum Gasteiger partial charge on any atom is -0.480 e. The van der Waals surface area contributed by atoms with Crippen LogP contribution in [0.15, 0.2) is 30.3 Å². The van der Waals surface area contributed by atoms with Gasteiger partial charge in [-0.25, -0.2) is 4.79 Å². The summed E-state index contributed by atoms with van der Waals surface area (Å²) in [5, 5.41) is 29.0. The molecule has 0 aliphatic heterocycles. The molecule has 0 aromatic heterocycles. The first kappa shape index (κ1) is 13.1. The van der Waals surface area contributed by atoms with Crippen molar-refractivity contribution in [3.63, 3.8) is 0 Å². The summed E-state index contributed by atoms with van der Waals surface area (Å²) in [6, 6.07) is 7.36. The summed E-state index contributed by atoms with van der Waals surface area (Å²) < 4.78 is 0. The average Bonchev–Trinajstić information content (AvgIpc) is 2.29. The average molecular weight is 239 g/mol. The molecule has 0 amide bonds. The van der Waals surface area contributed by atoms with Crippen LogP contribution in [0.4, 0.5) is 0 Å². The fourth-order valence-corrected chi connectivity index (χ4v) is 1.30. The smallest absolute Gasteiger partial charge is 0.334 e. The normalized spacial score (nSPS) is 13.9. The van der Waals surface area contributed by atoms with Crippen LogP contribution in [0.3, 0.4) is 0 Å². The van der Waals surface area contributed by atoms with Crippen molar-refractivity contribution >= 4 is 11.9 Å². The number of rotatable bonds is 6. The molecule has 0 fully saturated rings. The fraction of sp³-hybridized carbons (Fsp3) is 0.273. The molecule has 4 N–H and O–H groups in total. The molecule has 0 saturated heterocycles. The van der Waals surface area contributed by atoms with E-state index in [-0.39, 0.29) is 6.54 Å². The number of aliphatic hydroxyl groups excluding tert-OH is 1. The number of nitrogens with one attached hydrogen (secondary N) is 1. The van der Waals surface area contributed by atoms with Crippen LogP contribution in [0.5, 0.6) is 0 Å². The topological polar surface area (TPSA) is 107 Å². The van der Waals surface area contributed by atoms with E-state index >= 15 is 0 Å². The molecule has 6 heteroatoms. The van der Waals surface area contributed by atoms with Gasteiger partial charge in [-0.05, 0) is 5.56 Å². The van der Waals surface area contributed by atoms with Crippen molar-refractivity contribution < 1.29 is 24.9 Å². The highest BCUT2D eigenvalue weighted by Gasteiger charge is 2.31. The third-order valence-electron chi connectivity index (χ3n) is 2.20. The van der Waals surface area contributed by atoms with E-state index in [1.807, 2.05) is 6.07 Å². The molecule has 0 aliphatic carbocycles. The Kier molecular flexibility index (Phi) is 4.62. The molecule has 0 aliphatic rings. The molecular formula is C11H13NO5. The number of aliphatic hydroxyl groups is 1.